The van der Waals surface area contributed by atoms with Crippen LogP contribution in [0.2, 0.25) is 0 Å². The molecule has 0 aromatic carbocycles. The first kappa shape index (κ1) is 14.3. The molecule has 3 heteroatoms. The average Bonchev–Trinajstić information content (AvgIpc) is 2.46. The van der Waals surface area contributed by atoms with Crippen LogP contribution in [0.3, 0.4) is 0 Å². The summed E-state index contributed by atoms with van der Waals surface area (Å²) in [5.41, 5.74) is 0. The summed E-state index contributed by atoms with van der Waals surface area (Å²) < 4.78 is 0. The van der Waals surface area contributed by atoms with Crippen molar-refractivity contribution in [3.05, 3.63) is 0 Å². The zero-order valence-electron chi connectivity index (χ0n) is 11.9. The molecule has 2 aliphatic rings. The van der Waals surface area contributed by atoms with Crippen molar-refractivity contribution < 1.29 is 5.11 Å². The van der Waals surface area contributed by atoms with Gasteiger partial charge in [-0.2, -0.15) is 0 Å². The second-order valence-corrected chi connectivity index (χ2v) is 6.06. The zero-order chi connectivity index (χ0) is 12.8. The third-order valence-electron chi connectivity index (χ3n) is 4.81. The van der Waals surface area contributed by atoms with Gasteiger partial charge in [-0.25, -0.2) is 0 Å². The van der Waals surface area contributed by atoms with Crippen LogP contribution in [-0.4, -0.2) is 47.8 Å². The minimum Gasteiger partial charge on any atom is -0.395 e. The number of hydrogen-bond donors (Lipinski definition) is 2. The molecule has 0 unspecified atom stereocenters. The summed E-state index contributed by atoms with van der Waals surface area (Å²) in [4.78, 5) is 2.72. The molecule has 1 heterocycles. The molecule has 1 saturated heterocycles. The molecule has 1 saturated carbocycles. The summed E-state index contributed by atoms with van der Waals surface area (Å²) in [5.74, 6) is 0. The number of rotatable bonds is 5. The number of aliphatic hydroxyl groups is 1. The predicted octanol–water partition coefficient (Wildman–Crippen LogP) is 2.14. The van der Waals surface area contributed by atoms with E-state index in [2.05, 4.69) is 17.1 Å². The molecule has 1 aliphatic carbocycles. The van der Waals surface area contributed by atoms with E-state index in [1.165, 1.54) is 58.0 Å². The molecule has 2 fully saturated rings. The Balaban J connectivity index is 1.70. The Morgan fingerprint density at radius 2 is 1.78 bits per heavy atom. The van der Waals surface area contributed by atoms with Crippen molar-refractivity contribution in [2.45, 2.75) is 76.4 Å². The summed E-state index contributed by atoms with van der Waals surface area (Å²) in [5, 5.41) is 12.8. The molecule has 0 aromatic heterocycles. The van der Waals surface area contributed by atoms with Gasteiger partial charge in [-0.3, -0.25) is 0 Å². The van der Waals surface area contributed by atoms with Gasteiger partial charge >= 0.3 is 0 Å². The molecular formula is C15H30N2O. The van der Waals surface area contributed by atoms with Crippen LogP contribution in [0.4, 0.5) is 0 Å². The summed E-state index contributed by atoms with van der Waals surface area (Å²) in [7, 11) is 0. The van der Waals surface area contributed by atoms with Crippen LogP contribution >= 0.6 is 0 Å². The monoisotopic (exact) mass is 254 g/mol. The van der Waals surface area contributed by atoms with Crippen LogP contribution in [0.25, 0.3) is 0 Å². The standard InChI is InChI=1S/C15H30N2O/c1-2-13(12-18)16-14-8-10-17(11-9-14)15-6-4-3-5-7-15/h13-16,18H,2-12H2,1H3/t13-/m0/s1. The number of aliphatic hydroxyl groups excluding tert-OH is 1. The Kier molecular flexibility index (Phi) is 5.93. The summed E-state index contributed by atoms with van der Waals surface area (Å²) in [6.45, 7) is 4.93. The summed E-state index contributed by atoms with van der Waals surface area (Å²) >= 11 is 0. The maximum absolute atomic E-state index is 9.24. The number of likely N-dealkylation sites (tertiary alicyclic amines) is 1. The number of nitrogens with zero attached hydrogens (tertiary/aromatic N) is 1. The van der Waals surface area contributed by atoms with E-state index in [1.54, 1.807) is 0 Å². The molecule has 1 aliphatic heterocycles. The van der Waals surface area contributed by atoms with Gasteiger partial charge in [0.2, 0.25) is 0 Å². The molecule has 2 rings (SSSR count). The second kappa shape index (κ2) is 7.46. The molecule has 1 atom stereocenters. The summed E-state index contributed by atoms with van der Waals surface area (Å²) in [6, 6.07) is 1.80. The fourth-order valence-corrected chi connectivity index (χ4v) is 3.51. The van der Waals surface area contributed by atoms with Crippen molar-refractivity contribution in [3.8, 4) is 0 Å². The normalized spacial score (nSPS) is 26.3. The molecule has 2 N–H and O–H groups in total. The molecule has 0 spiro atoms. The van der Waals surface area contributed by atoms with Crippen LogP contribution in [0.1, 0.15) is 58.3 Å². The maximum atomic E-state index is 9.24. The Bertz CT molecular complexity index is 217. The average molecular weight is 254 g/mol. The lowest BCUT2D eigenvalue weighted by Gasteiger charge is -2.40. The maximum Gasteiger partial charge on any atom is 0.0584 e. The molecule has 0 radical (unpaired) electrons. The van der Waals surface area contributed by atoms with Crippen LogP contribution in [0.15, 0.2) is 0 Å². The van der Waals surface area contributed by atoms with Gasteiger partial charge in [-0.1, -0.05) is 26.2 Å². The first-order chi connectivity index (χ1) is 8.83. The highest BCUT2D eigenvalue weighted by molar-refractivity contribution is 4.84. The van der Waals surface area contributed by atoms with E-state index in [0.29, 0.717) is 12.1 Å². The quantitative estimate of drug-likeness (QED) is 0.789. The SMILES string of the molecule is CC[C@@H](CO)NC1CCN(C2CCCCC2)CC1. The van der Waals surface area contributed by atoms with Gasteiger partial charge in [-0.15, -0.1) is 0 Å². The van der Waals surface area contributed by atoms with Gasteiger partial charge in [0.25, 0.3) is 0 Å². The molecule has 18 heavy (non-hydrogen) atoms. The molecular weight excluding hydrogens is 224 g/mol. The van der Waals surface area contributed by atoms with Gasteiger partial charge in [0.1, 0.15) is 0 Å². The first-order valence-electron chi connectivity index (χ1n) is 7.94. The minimum atomic E-state index is 0.277. The van der Waals surface area contributed by atoms with E-state index in [-0.39, 0.29) is 6.61 Å². The fourth-order valence-electron chi connectivity index (χ4n) is 3.51. The van der Waals surface area contributed by atoms with Crippen molar-refractivity contribution in [1.29, 1.82) is 0 Å². The van der Waals surface area contributed by atoms with Crippen LogP contribution in [0.5, 0.6) is 0 Å². The van der Waals surface area contributed by atoms with E-state index in [1.807, 2.05) is 0 Å². The number of piperidine rings is 1. The van der Waals surface area contributed by atoms with Crippen LogP contribution < -0.4 is 5.32 Å². The molecule has 106 valence electrons. The largest absolute Gasteiger partial charge is 0.395 e. The lowest BCUT2D eigenvalue weighted by atomic mass is 9.92. The van der Waals surface area contributed by atoms with Crippen molar-refractivity contribution in [2.75, 3.05) is 19.7 Å². The van der Waals surface area contributed by atoms with Crippen LogP contribution in [-0.2, 0) is 0 Å². The Labute approximate surface area is 112 Å². The Hall–Kier alpha value is -0.120. The minimum absolute atomic E-state index is 0.277. The molecule has 0 aromatic rings. The highest BCUT2D eigenvalue weighted by Crippen LogP contribution is 2.25. The zero-order valence-corrected chi connectivity index (χ0v) is 11.9. The van der Waals surface area contributed by atoms with Gasteiger partial charge in [0, 0.05) is 18.1 Å². The van der Waals surface area contributed by atoms with Crippen molar-refractivity contribution in [3.63, 3.8) is 0 Å². The van der Waals surface area contributed by atoms with E-state index in [4.69, 9.17) is 0 Å². The smallest absolute Gasteiger partial charge is 0.0584 e. The lowest BCUT2D eigenvalue weighted by molar-refractivity contribution is 0.108. The van der Waals surface area contributed by atoms with Gasteiger partial charge < -0.3 is 15.3 Å². The van der Waals surface area contributed by atoms with E-state index in [0.717, 1.165) is 12.5 Å². The van der Waals surface area contributed by atoms with Crippen molar-refractivity contribution in [1.82, 2.24) is 10.2 Å². The topological polar surface area (TPSA) is 35.5 Å². The van der Waals surface area contributed by atoms with Crippen LogP contribution in [0, 0.1) is 0 Å². The van der Waals surface area contributed by atoms with E-state index < -0.39 is 0 Å². The van der Waals surface area contributed by atoms with Gasteiger partial charge in [0.05, 0.1) is 6.61 Å². The highest BCUT2D eigenvalue weighted by atomic mass is 16.3. The van der Waals surface area contributed by atoms with Gasteiger partial charge in [0.15, 0.2) is 0 Å². The fraction of sp³-hybridized carbons (Fsp3) is 1.00. The number of nitrogens with one attached hydrogen (secondary N) is 1. The summed E-state index contributed by atoms with van der Waals surface area (Å²) in [6.07, 6.45) is 10.7. The van der Waals surface area contributed by atoms with Crippen molar-refractivity contribution >= 4 is 0 Å². The molecule has 0 bridgehead atoms. The highest BCUT2D eigenvalue weighted by Gasteiger charge is 2.26. The van der Waals surface area contributed by atoms with E-state index in [9.17, 15) is 5.11 Å². The lowest BCUT2D eigenvalue weighted by Crippen LogP contribution is -2.49. The third kappa shape index (κ3) is 3.94. The Morgan fingerprint density at radius 1 is 1.11 bits per heavy atom. The second-order valence-electron chi connectivity index (χ2n) is 6.06. The number of hydrogen-bond acceptors (Lipinski definition) is 3. The first-order valence-corrected chi connectivity index (χ1v) is 7.94. The van der Waals surface area contributed by atoms with Crippen molar-refractivity contribution in [2.24, 2.45) is 0 Å². The van der Waals surface area contributed by atoms with E-state index >= 15 is 0 Å². The predicted molar refractivity (Wildman–Crippen MR) is 75.8 cm³/mol. The Morgan fingerprint density at radius 3 is 2.33 bits per heavy atom. The van der Waals surface area contributed by atoms with Gasteiger partial charge in [-0.05, 0) is 45.2 Å². The third-order valence-corrected chi connectivity index (χ3v) is 4.81. The molecule has 3 nitrogen and oxygen atoms in total. The molecule has 0 amide bonds.